The third-order valence-corrected chi connectivity index (χ3v) is 5.26. The maximum Gasteiger partial charge on any atom is 0.255 e. The lowest BCUT2D eigenvalue weighted by Crippen LogP contribution is -2.30. The molecule has 2 aliphatic rings. The Morgan fingerprint density at radius 2 is 1.88 bits per heavy atom. The summed E-state index contributed by atoms with van der Waals surface area (Å²) in [5.41, 5.74) is 1.82. The number of rotatable bonds is 2. The number of halogens is 1. The predicted molar refractivity (Wildman–Crippen MR) is 94.6 cm³/mol. The molecule has 24 heavy (non-hydrogen) atoms. The predicted octanol–water partition coefficient (Wildman–Crippen LogP) is 4.20. The Balaban J connectivity index is 1.63. The van der Waals surface area contributed by atoms with Gasteiger partial charge in [0.25, 0.3) is 5.91 Å². The first-order valence-corrected chi connectivity index (χ1v) is 8.98. The molecule has 0 aromatic heterocycles. The molecule has 0 spiro atoms. The molecule has 0 aliphatic carbocycles. The van der Waals surface area contributed by atoms with Crippen molar-refractivity contribution in [2.45, 2.75) is 18.9 Å². The van der Waals surface area contributed by atoms with E-state index in [0.29, 0.717) is 18.8 Å². The molecule has 124 valence electrons. The van der Waals surface area contributed by atoms with Crippen molar-refractivity contribution in [1.29, 1.82) is 0 Å². The average molecular weight is 388 g/mol. The van der Waals surface area contributed by atoms with E-state index in [-0.39, 0.29) is 11.9 Å². The average Bonchev–Trinajstić information content (AvgIpc) is 3.11. The quantitative estimate of drug-likeness (QED) is 0.774. The van der Waals surface area contributed by atoms with Crippen LogP contribution >= 0.6 is 15.9 Å². The number of benzene rings is 2. The Hall–Kier alpha value is -2.01. The fourth-order valence-electron chi connectivity index (χ4n) is 3.41. The number of hydrogen-bond acceptors (Lipinski definition) is 3. The van der Waals surface area contributed by atoms with Crippen LogP contribution in [0.5, 0.6) is 11.5 Å². The van der Waals surface area contributed by atoms with E-state index in [1.54, 1.807) is 0 Å². The summed E-state index contributed by atoms with van der Waals surface area (Å²) in [6, 6.07) is 13.7. The zero-order valence-corrected chi connectivity index (χ0v) is 14.8. The Bertz CT molecular complexity index is 777. The molecule has 2 heterocycles. The molecule has 0 N–H and O–H groups in total. The van der Waals surface area contributed by atoms with Crippen LogP contribution in [0, 0.1) is 0 Å². The van der Waals surface area contributed by atoms with Crippen LogP contribution in [0.4, 0.5) is 0 Å². The largest absolute Gasteiger partial charge is 0.486 e. The third kappa shape index (κ3) is 2.77. The summed E-state index contributed by atoms with van der Waals surface area (Å²) in [5, 5.41) is 0. The van der Waals surface area contributed by atoms with Crippen LogP contribution in [0.15, 0.2) is 46.9 Å². The maximum atomic E-state index is 13.0. The number of likely N-dealkylation sites (tertiary alicyclic amines) is 1. The summed E-state index contributed by atoms with van der Waals surface area (Å²) < 4.78 is 12.1. The van der Waals surface area contributed by atoms with Crippen molar-refractivity contribution in [3.8, 4) is 11.5 Å². The molecule has 5 heteroatoms. The van der Waals surface area contributed by atoms with E-state index in [0.717, 1.165) is 40.9 Å². The van der Waals surface area contributed by atoms with Crippen LogP contribution < -0.4 is 9.47 Å². The topological polar surface area (TPSA) is 38.8 Å². The second-order valence-corrected chi connectivity index (χ2v) is 6.89. The van der Waals surface area contributed by atoms with Gasteiger partial charge in [0.2, 0.25) is 0 Å². The molecular formula is C19H18BrNO3. The standard InChI is InChI=1S/C19H18BrNO3/c20-15-5-2-1-4-14(15)19(22)21-9-3-6-16(21)13-7-8-17-18(12-13)24-11-10-23-17/h1-2,4-5,7-8,12,16H,3,6,9-11H2. The van der Waals surface area contributed by atoms with Crippen molar-refractivity contribution in [3.05, 3.63) is 58.1 Å². The second-order valence-electron chi connectivity index (χ2n) is 6.04. The Labute approximate surface area is 149 Å². The van der Waals surface area contributed by atoms with Gasteiger partial charge in [-0.25, -0.2) is 0 Å². The van der Waals surface area contributed by atoms with Crippen molar-refractivity contribution in [2.75, 3.05) is 19.8 Å². The molecule has 1 amide bonds. The summed E-state index contributed by atoms with van der Waals surface area (Å²) in [5.74, 6) is 1.63. The van der Waals surface area contributed by atoms with Crippen LogP contribution in [0.1, 0.15) is 34.8 Å². The zero-order chi connectivity index (χ0) is 16.5. The van der Waals surface area contributed by atoms with Crippen LogP contribution in [0.3, 0.4) is 0 Å². The SMILES string of the molecule is O=C(c1ccccc1Br)N1CCCC1c1ccc2c(c1)OCCO2. The van der Waals surface area contributed by atoms with Gasteiger partial charge < -0.3 is 14.4 Å². The Morgan fingerprint density at radius 1 is 1.08 bits per heavy atom. The molecule has 2 aromatic carbocycles. The molecule has 1 saturated heterocycles. The molecule has 0 saturated carbocycles. The minimum absolute atomic E-state index is 0.0693. The van der Waals surface area contributed by atoms with E-state index in [1.165, 1.54) is 0 Å². The molecule has 2 aromatic rings. The number of ether oxygens (including phenoxy) is 2. The molecule has 1 fully saturated rings. The highest BCUT2D eigenvalue weighted by atomic mass is 79.9. The molecule has 0 bridgehead atoms. The first kappa shape index (κ1) is 15.5. The van der Waals surface area contributed by atoms with E-state index in [9.17, 15) is 4.79 Å². The minimum Gasteiger partial charge on any atom is -0.486 e. The van der Waals surface area contributed by atoms with Crippen molar-refractivity contribution < 1.29 is 14.3 Å². The Kier molecular flexibility index (Phi) is 4.19. The molecule has 1 atom stereocenters. The number of carbonyl (C=O) groups is 1. The van der Waals surface area contributed by atoms with Crippen molar-refractivity contribution in [2.24, 2.45) is 0 Å². The van der Waals surface area contributed by atoms with Crippen LogP contribution in [-0.4, -0.2) is 30.6 Å². The highest BCUT2D eigenvalue weighted by molar-refractivity contribution is 9.10. The number of nitrogens with zero attached hydrogens (tertiary/aromatic N) is 1. The first-order chi connectivity index (χ1) is 11.7. The van der Waals surface area contributed by atoms with Gasteiger partial charge in [-0.05, 0) is 58.6 Å². The fourth-order valence-corrected chi connectivity index (χ4v) is 3.87. The van der Waals surface area contributed by atoms with Gasteiger partial charge in [-0.1, -0.05) is 18.2 Å². The summed E-state index contributed by atoms with van der Waals surface area (Å²) in [4.78, 5) is 14.9. The van der Waals surface area contributed by atoms with E-state index in [4.69, 9.17) is 9.47 Å². The van der Waals surface area contributed by atoms with Gasteiger partial charge in [-0.2, -0.15) is 0 Å². The summed E-state index contributed by atoms with van der Waals surface area (Å²) >= 11 is 3.49. The molecule has 1 unspecified atom stereocenters. The number of fused-ring (bicyclic) bond motifs is 1. The normalized spacial score (nSPS) is 19.4. The van der Waals surface area contributed by atoms with Gasteiger partial charge in [0.05, 0.1) is 11.6 Å². The number of hydrogen-bond donors (Lipinski definition) is 0. The maximum absolute atomic E-state index is 13.0. The Morgan fingerprint density at radius 3 is 2.71 bits per heavy atom. The fraction of sp³-hybridized carbons (Fsp3) is 0.316. The lowest BCUT2D eigenvalue weighted by Gasteiger charge is -2.27. The number of amides is 1. The first-order valence-electron chi connectivity index (χ1n) is 8.19. The number of carbonyl (C=O) groups excluding carboxylic acids is 1. The molecule has 0 radical (unpaired) electrons. The minimum atomic E-state index is 0.0693. The van der Waals surface area contributed by atoms with Crippen molar-refractivity contribution in [3.63, 3.8) is 0 Å². The zero-order valence-electron chi connectivity index (χ0n) is 13.2. The van der Waals surface area contributed by atoms with Gasteiger partial charge in [0, 0.05) is 11.0 Å². The van der Waals surface area contributed by atoms with E-state index >= 15 is 0 Å². The lowest BCUT2D eigenvalue weighted by molar-refractivity contribution is 0.0734. The van der Waals surface area contributed by atoms with E-state index < -0.39 is 0 Å². The monoisotopic (exact) mass is 387 g/mol. The molecular weight excluding hydrogens is 370 g/mol. The summed E-state index contributed by atoms with van der Waals surface area (Å²) in [7, 11) is 0. The summed E-state index contributed by atoms with van der Waals surface area (Å²) in [6.07, 6.45) is 1.98. The van der Waals surface area contributed by atoms with Gasteiger partial charge in [0.15, 0.2) is 11.5 Å². The van der Waals surface area contributed by atoms with E-state index in [2.05, 4.69) is 15.9 Å². The van der Waals surface area contributed by atoms with Gasteiger partial charge in [0.1, 0.15) is 13.2 Å². The molecule has 4 rings (SSSR count). The molecule has 2 aliphatic heterocycles. The van der Waals surface area contributed by atoms with Crippen molar-refractivity contribution >= 4 is 21.8 Å². The van der Waals surface area contributed by atoms with Gasteiger partial charge in [-0.3, -0.25) is 4.79 Å². The highest BCUT2D eigenvalue weighted by Gasteiger charge is 2.32. The van der Waals surface area contributed by atoms with Crippen LogP contribution in [0.25, 0.3) is 0 Å². The molecule has 4 nitrogen and oxygen atoms in total. The smallest absolute Gasteiger partial charge is 0.255 e. The van der Waals surface area contributed by atoms with Crippen LogP contribution in [-0.2, 0) is 0 Å². The summed E-state index contributed by atoms with van der Waals surface area (Å²) in [6.45, 7) is 1.93. The van der Waals surface area contributed by atoms with Gasteiger partial charge >= 0.3 is 0 Å². The second kappa shape index (κ2) is 6.48. The highest BCUT2D eigenvalue weighted by Crippen LogP contribution is 2.39. The van der Waals surface area contributed by atoms with Gasteiger partial charge in [-0.15, -0.1) is 0 Å². The lowest BCUT2D eigenvalue weighted by atomic mass is 10.0. The van der Waals surface area contributed by atoms with Crippen LogP contribution in [0.2, 0.25) is 0 Å². The van der Waals surface area contributed by atoms with E-state index in [1.807, 2.05) is 47.4 Å². The van der Waals surface area contributed by atoms with Crippen molar-refractivity contribution in [1.82, 2.24) is 4.90 Å². The third-order valence-electron chi connectivity index (χ3n) is 4.57.